The SMILES string of the molecule is CCOC(=N)CC(=O)Nc1cccc(C)c1C. The van der Waals surface area contributed by atoms with Crippen molar-refractivity contribution in [3.05, 3.63) is 29.3 Å². The molecule has 2 N–H and O–H groups in total. The number of carbonyl (C=O) groups excluding carboxylic acids is 1. The van der Waals surface area contributed by atoms with Crippen LogP contribution in [0.15, 0.2) is 18.2 Å². The molecule has 0 fully saturated rings. The van der Waals surface area contributed by atoms with E-state index < -0.39 is 0 Å². The number of amides is 1. The predicted octanol–water partition coefficient (Wildman–Crippen LogP) is 2.65. The third-order valence-electron chi connectivity index (χ3n) is 2.52. The summed E-state index contributed by atoms with van der Waals surface area (Å²) >= 11 is 0. The summed E-state index contributed by atoms with van der Waals surface area (Å²) in [6, 6.07) is 5.74. The molecule has 1 rings (SSSR count). The third-order valence-corrected chi connectivity index (χ3v) is 2.52. The van der Waals surface area contributed by atoms with Crippen molar-refractivity contribution >= 4 is 17.5 Å². The average molecular weight is 234 g/mol. The van der Waals surface area contributed by atoms with Crippen molar-refractivity contribution in [2.75, 3.05) is 11.9 Å². The number of nitrogens with one attached hydrogen (secondary N) is 2. The van der Waals surface area contributed by atoms with Crippen molar-refractivity contribution in [1.82, 2.24) is 0 Å². The molecule has 1 aromatic rings. The molecule has 92 valence electrons. The summed E-state index contributed by atoms with van der Waals surface area (Å²) in [7, 11) is 0. The summed E-state index contributed by atoms with van der Waals surface area (Å²) in [4.78, 5) is 11.6. The zero-order chi connectivity index (χ0) is 12.8. The van der Waals surface area contributed by atoms with Crippen LogP contribution in [-0.4, -0.2) is 18.4 Å². The molecule has 1 amide bonds. The maximum absolute atomic E-state index is 11.6. The predicted molar refractivity (Wildman–Crippen MR) is 68.5 cm³/mol. The minimum atomic E-state index is -0.225. The molecular weight excluding hydrogens is 216 g/mol. The largest absolute Gasteiger partial charge is 0.481 e. The van der Waals surface area contributed by atoms with Gasteiger partial charge in [-0.3, -0.25) is 10.2 Å². The third kappa shape index (κ3) is 3.90. The first kappa shape index (κ1) is 13.2. The molecule has 0 heterocycles. The Bertz CT molecular complexity index is 427. The summed E-state index contributed by atoms with van der Waals surface area (Å²) in [5.41, 5.74) is 2.96. The van der Waals surface area contributed by atoms with E-state index in [0.29, 0.717) is 6.61 Å². The lowest BCUT2D eigenvalue weighted by molar-refractivity contribution is -0.115. The molecule has 17 heavy (non-hydrogen) atoms. The number of hydrogen-bond donors (Lipinski definition) is 2. The molecule has 0 aliphatic carbocycles. The number of carbonyl (C=O) groups is 1. The fourth-order valence-electron chi connectivity index (χ4n) is 1.45. The van der Waals surface area contributed by atoms with Gasteiger partial charge in [-0.05, 0) is 38.0 Å². The molecule has 0 unspecified atom stereocenters. The Morgan fingerprint density at radius 1 is 1.41 bits per heavy atom. The number of rotatable bonds is 4. The molecule has 0 aromatic heterocycles. The van der Waals surface area contributed by atoms with Gasteiger partial charge in [-0.15, -0.1) is 0 Å². The van der Waals surface area contributed by atoms with Crippen LogP contribution >= 0.6 is 0 Å². The summed E-state index contributed by atoms with van der Waals surface area (Å²) in [6.07, 6.45) is -0.0266. The molecule has 0 atom stereocenters. The maximum Gasteiger partial charge on any atom is 0.233 e. The molecule has 0 spiro atoms. The van der Waals surface area contributed by atoms with Crippen molar-refractivity contribution in [2.45, 2.75) is 27.2 Å². The van der Waals surface area contributed by atoms with E-state index in [1.807, 2.05) is 32.0 Å². The number of hydrogen-bond acceptors (Lipinski definition) is 3. The van der Waals surface area contributed by atoms with E-state index in [2.05, 4.69) is 5.32 Å². The fraction of sp³-hybridized carbons (Fsp3) is 0.385. The molecule has 4 heteroatoms. The first-order chi connectivity index (χ1) is 8.04. The van der Waals surface area contributed by atoms with Crippen LogP contribution in [0.1, 0.15) is 24.5 Å². The van der Waals surface area contributed by atoms with Gasteiger partial charge in [0.15, 0.2) is 5.90 Å². The molecular formula is C13H18N2O2. The van der Waals surface area contributed by atoms with E-state index in [0.717, 1.165) is 16.8 Å². The van der Waals surface area contributed by atoms with Crippen LogP contribution in [0.4, 0.5) is 5.69 Å². The fourth-order valence-corrected chi connectivity index (χ4v) is 1.45. The first-order valence-corrected chi connectivity index (χ1v) is 5.61. The van der Waals surface area contributed by atoms with Gasteiger partial charge in [-0.25, -0.2) is 0 Å². The Labute approximate surface area is 101 Å². The molecule has 0 bridgehead atoms. The number of benzene rings is 1. The number of anilines is 1. The highest BCUT2D eigenvalue weighted by atomic mass is 16.5. The Kier molecular flexibility index (Phi) is 4.69. The van der Waals surface area contributed by atoms with Crippen LogP contribution in [0.2, 0.25) is 0 Å². The number of aryl methyl sites for hydroxylation is 1. The van der Waals surface area contributed by atoms with Crippen molar-refractivity contribution < 1.29 is 9.53 Å². The minimum Gasteiger partial charge on any atom is -0.481 e. The van der Waals surface area contributed by atoms with Crippen molar-refractivity contribution in [3.8, 4) is 0 Å². The van der Waals surface area contributed by atoms with E-state index >= 15 is 0 Å². The lowest BCUT2D eigenvalue weighted by atomic mass is 10.1. The second-order valence-corrected chi connectivity index (χ2v) is 3.83. The minimum absolute atomic E-state index is 0.00435. The van der Waals surface area contributed by atoms with Crippen molar-refractivity contribution in [3.63, 3.8) is 0 Å². The topological polar surface area (TPSA) is 62.2 Å². The van der Waals surface area contributed by atoms with E-state index in [4.69, 9.17) is 10.1 Å². The van der Waals surface area contributed by atoms with Gasteiger partial charge in [0, 0.05) is 5.69 Å². The van der Waals surface area contributed by atoms with Gasteiger partial charge >= 0.3 is 0 Å². The van der Waals surface area contributed by atoms with Crippen LogP contribution in [0, 0.1) is 19.3 Å². The molecule has 4 nitrogen and oxygen atoms in total. The van der Waals surface area contributed by atoms with E-state index in [-0.39, 0.29) is 18.2 Å². The standard InChI is InChI=1S/C13H18N2O2/c1-4-17-12(14)8-13(16)15-11-7-5-6-9(2)10(11)3/h5-7,14H,4,8H2,1-3H3,(H,15,16). The highest BCUT2D eigenvalue weighted by Gasteiger charge is 2.09. The molecule has 0 saturated heterocycles. The van der Waals surface area contributed by atoms with Gasteiger partial charge in [0.1, 0.15) is 6.42 Å². The van der Waals surface area contributed by atoms with Crippen molar-refractivity contribution in [1.29, 1.82) is 5.41 Å². The lowest BCUT2D eigenvalue weighted by Crippen LogP contribution is -2.18. The van der Waals surface area contributed by atoms with Crippen LogP contribution in [-0.2, 0) is 9.53 Å². The second kappa shape index (κ2) is 6.03. The zero-order valence-corrected chi connectivity index (χ0v) is 10.5. The molecule has 1 aromatic carbocycles. The Hall–Kier alpha value is -1.84. The van der Waals surface area contributed by atoms with Gasteiger partial charge in [0.2, 0.25) is 5.91 Å². The summed E-state index contributed by atoms with van der Waals surface area (Å²) in [5.74, 6) is -0.229. The number of ether oxygens (including phenoxy) is 1. The van der Waals surface area contributed by atoms with Crippen LogP contribution in [0.25, 0.3) is 0 Å². The normalized spacial score (nSPS) is 9.82. The van der Waals surface area contributed by atoms with E-state index in [1.165, 1.54) is 0 Å². The van der Waals surface area contributed by atoms with Gasteiger partial charge in [0.05, 0.1) is 6.61 Å². The summed E-state index contributed by atoms with van der Waals surface area (Å²) in [5, 5.41) is 10.2. The Morgan fingerprint density at radius 3 is 2.76 bits per heavy atom. The quantitative estimate of drug-likeness (QED) is 0.621. The lowest BCUT2D eigenvalue weighted by Gasteiger charge is -2.10. The van der Waals surface area contributed by atoms with Crippen molar-refractivity contribution in [2.24, 2.45) is 0 Å². The monoisotopic (exact) mass is 234 g/mol. The molecule has 0 radical (unpaired) electrons. The Balaban J connectivity index is 2.62. The first-order valence-electron chi connectivity index (χ1n) is 5.61. The average Bonchev–Trinajstić information content (AvgIpc) is 2.25. The van der Waals surface area contributed by atoms with Gasteiger partial charge in [-0.1, -0.05) is 12.1 Å². The van der Waals surface area contributed by atoms with Gasteiger partial charge in [-0.2, -0.15) is 0 Å². The van der Waals surface area contributed by atoms with Crippen LogP contribution < -0.4 is 5.32 Å². The van der Waals surface area contributed by atoms with Crippen LogP contribution in [0.3, 0.4) is 0 Å². The molecule has 0 aliphatic rings. The highest BCUT2D eigenvalue weighted by Crippen LogP contribution is 2.18. The van der Waals surface area contributed by atoms with E-state index in [1.54, 1.807) is 6.92 Å². The zero-order valence-electron chi connectivity index (χ0n) is 10.5. The molecule has 0 saturated carbocycles. The van der Waals surface area contributed by atoms with Crippen LogP contribution in [0.5, 0.6) is 0 Å². The van der Waals surface area contributed by atoms with E-state index in [9.17, 15) is 4.79 Å². The highest BCUT2D eigenvalue weighted by molar-refractivity contribution is 6.03. The summed E-state index contributed by atoms with van der Waals surface area (Å²) < 4.78 is 4.93. The summed E-state index contributed by atoms with van der Waals surface area (Å²) in [6.45, 7) is 6.15. The smallest absolute Gasteiger partial charge is 0.233 e. The maximum atomic E-state index is 11.6. The Morgan fingerprint density at radius 2 is 2.12 bits per heavy atom. The van der Waals surface area contributed by atoms with Gasteiger partial charge < -0.3 is 10.1 Å². The second-order valence-electron chi connectivity index (χ2n) is 3.83. The van der Waals surface area contributed by atoms with Gasteiger partial charge in [0.25, 0.3) is 0 Å². The molecule has 0 aliphatic heterocycles.